The van der Waals surface area contributed by atoms with Crippen molar-refractivity contribution < 1.29 is 27.9 Å². The minimum absolute atomic E-state index is 0.0850. The average Bonchev–Trinajstić information content (AvgIpc) is 2.93. The van der Waals surface area contributed by atoms with E-state index in [1.54, 1.807) is 48.5 Å². The molecule has 0 saturated carbocycles. The van der Waals surface area contributed by atoms with Crippen molar-refractivity contribution in [2.24, 2.45) is 0 Å². The van der Waals surface area contributed by atoms with Crippen molar-refractivity contribution in [2.45, 2.75) is 43.6 Å². The number of Topliss-reactive ketones (excluding diaryl/α,β-unsaturated/α-hetero) is 2. The Balaban J connectivity index is 1.53. The number of halogens is 1. The maximum Gasteiger partial charge on any atom is 0.298 e. The smallest absolute Gasteiger partial charge is 0.298 e. The number of hydrogen-bond donors (Lipinski definition) is 1. The predicted molar refractivity (Wildman–Crippen MR) is 149 cm³/mol. The molecule has 10 heteroatoms. The molecule has 1 heterocycles. The number of para-hydroxylation sites is 1. The lowest BCUT2D eigenvalue weighted by Crippen LogP contribution is -2.39. The normalized spacial score (nSPS) is 14.6. The lowest BCUT2D eigenvalue weighted by atomic mass is 10.00. The molecule has 0 radical (unpaired) electrons. The molecule has 1 N–H and O–H groups in total. The molecule has 0 aromatic heterocycles. The van der Waals surface area contributed by atoms with Gasteiger partial charge in [0.2, 0.25) is 15.8 Å². The number of aryl methyl sites for hydroxylation is 1. The van der Waals surface area contributed by atoms with Crippen molar-refractivity contribution in [3.63, 3.8) is 0 Å². The summed E-state index contributed by atoms with van der Waals surface area (Å²) in [6, 6.07) is 19.5. The van der Waals surface area contributed by atoms with Crippen LogP contribution < -0.4 is 4.90 Å². The summed E-state index contributed by atoms with van der Waals surface area (Å²) in [6.07, 6.45) is 0.764. The summed E-state index contributed by atoms with van der Waals surface area (Å²) in [6.45, 7) is 1.72. The first-order chi connectivity index (χ1) is 18.6. The van der Waals surface area contributed by atoms with Gasteiger partial charge in [0.05, 0.1) is 16.7 Å². The van der Waals surface area contributed by atoms with Crippen LogP contribution in [0.25, 0.3) is 0 Å². The number of nitrogens with zero attached hydrogens (tertiary/aromatic N) is 2. The Labute approximate surface area is 232 Å². The Bertz CT molecular complexity index is 1470. The lowest BCUT2D eigenvalue weighted by Gasteiger charge is -2.28. The summed E-state index contributed by atoms with van der Waals surface area (Å²) < 4.78 is 27.2. The van der Waals surface area contributed by atoms with Crippen LogP contribution in [0.15, 0.2) is 77.7 Å². The fourth-order valence-corrected chi connectivity index (χ4v) is 6.11. The van der Waals surface area contributed by atoms with E-state index >= 15 is 0 Å². The third-order valence-corrected chi connectivity index (χ3v) is 8.79. The van der Waals surface area contributed by atoms with E-state index in [1.807, 2.05) is 0 Å². The lowest BCUT2D eigenvalue weighted by molar-refractivity contribution is -0.134. The van der Waals surface area contributed by atoms with Gasteiger partial charge in [-0.05, 0) is 67.3 Å². The summed E-state index contributed by atoms with van der Waals surface area (Å²) in [5.41, 5.74) is 1.65. The largest absolute Gasteiger partial charge is 0.393 e. The molecule has 39 heavy (non-hydrogen) atoms. The van der Waals surface area contributed by atoms with Gasteiger partial charge in [-0.15, -0.1) is 0 Å². The Morgan fingerprint density at radius 3 is 2.23 bits per heavy atom. The number of carbonyl (C=O) groups excluding carboxylic acids is 3. The fraction of sp³-hybridized carbons (Fsp3) is 0.276. The molecule has 0 unspecified atom stereocenters. The number of piperidine rings is 1. The van der Waals surface area contributed by atoms with E-state index in [4.69, 9.17) is 11.6 Å². The van der Waals surface area contributed by atoms with Gasteiger partial charge < -0.3 is 5.11 Å². The molecule has 3 aromatic carbocycles. The van der Waals surface area contributed by atoms with Gasteiger partial charge in [0.1, 0.15) is 0 Å². The molecule has 0 spiro atoms. The van der Waals surface area contributed by atoms with Gasteiger partial charge in [-0.3, -0.25) is 19.3 Å². The quantitative estimate of drug-likeness (QED) is 0.299. The van der Waals surface area contributed by atoms with Gasteiger partial charge in [0, 0.05) is 42.7 Å². The van der Waals surface area contributed by atoms with Crippen molar-refractivity contribution in [3.05, 3.63) is 88.9 Å². The third-order valence-electron chi connectivity index (χ3n) is 6.65. The molecular weight excluding hydrogens is 540 g/mol. The van der Waals surface area contributed by atoms with Crippen molar-refractivity contribution in [1.29, 1.82) is 0 Å². The SMILES string of the molecule is CC(=O)C(=O)N(c1ccccc1)c1cc(Cl)ccc1C(=O)CCc1ccc(S(=O)(=O)N2CCC(O)CC2)cc1. The average molecular weight is 569 g/mol. The van der Waals surface area contributed by atoms with Crippen LogP contribution in [0.2, 0.25) is 5.02 Å². The molecule has 1 fully saturated rings. The first kappa shape index (κ1) is 28.6. The zero-order valence-electron chi connectivity index (χ0n) is 21.4. The molecule has 0 atom stereocenters. The molecule has 1 aliphatic heterocycles. The highest BCUT2D eigenvalue weighted by molar-refractivity contribution is 7.89. The maximum atomic E-state index is 13.3. The highest BCUT2D eigenvalue weighted by Gasteiger charge is 2.29. The number of aliphatic hydroxyl groups excluding tert-OH is 1. The molecule has 0 aliphatic carbocycles. The molecule has 4 rings (SSSR count). The van der Waals surface area contributed by atoms with E-state index in [1.165, 1.54) is 40.4 Å². The molecule has 1 amide bonds. The second kappa shape index (κ2) is 12.2. The van der Waals surface area contributed by atoms with Crippen molar-refractivity contribution >= 4 is 50.5 Å². The van der Waals surface area contributed by atoms with Crippen molar-refractivity contribution in [3.8, 4) is 0 Å². The number of amides is 1. The first-order valence-electron chi connectivity index (χ1n) is 12.6. The van der Waals surface area contributed by atoms with Crippen LogP contribution in [0.4, 0.5) is 11.4 Å². The molecule has 1 saturated heterocycles. The molecule has 3 aromatic rings. The number of anilines is 2. The molecular formula is C29H29ClN2O6S. The summed E-state index contributed by atoms with van der Waals surface area (Å²) in [7, 11) is -3.66. The second-order valence-corrected chi connectivity index (χ2v) is 11.8. The van der Waals surface area contributed by atoms with Crippen LogP contribution >= 0.6 is 11.6 Å². The van der Waals surface area contributed by atoms with Crippen molar-refractivity contribution in [1.82, 2.24) is 4.31 Å². The number of carbonyl (C=O) groups is 3. The maximum absolute atomic E-state index is 13.3. The highest BCUT2D eigenvalue weighted by atomic mass is 35.5. The topological polar surface area (TPSA) is 112 Å². The molecule has 0 bridgehead atoms. The minimum atomic E-state index is -3.66. The van der Waals surface area contributed by atoms with E-state index in [9.17, 15) is 27.9 Å². The Hall–Kier alpha value is -3.37. The third kappa shape index (κ3) is 6.62. The minimum Gasteiger partial charge on any atom is -0.393 e. The second-order valence-electron chi connectivity index (χ2n) is 9.40. The Morgan fingerprint density at radius 2 is 1.62 bits per heavy atom. The van der Waals surface area contributed by atoms with Gasteiger partial charge in [0.15, 0.2) is 5.78 Å². The van der Waals surface area contributed by atoms with Gasteiger partial charge >= 0.3 is 0 Å². The molecule has 8 nitrogen and oxygen atoms in total. The number of rotatable bonds is 9. The van der Waals surface area contributed by atoms with Crippen LogP contribution in [0, 0.1) is 0 Å². The Kier molecular flexibility index (Phi) is 8.97. The van der Waals surface area contributed by atoms with Crippen LogP contribution in [0.3, 0.4) is 0 Å². The monoisotopic (exact) mass is 568 g/mol. The van der Waals surface area contributed by atoms with Gasteiger partial charge in [0.25, 0.3) is 5.91 Å². The zero-order valence-corrected chi connectivity index (χ0v) is 23.0. The number of aliphatic hydroxyl groups is 1. The van der Waals surface area contributed by atoms with E-state index in [0.717, 1.165) is 5.56 Å². The highest BCUT2D eigenvalue weighted by Crippen LogP contribution is 2.33. The fourth-order valence-electron chi connectivity index (χ4n) is 4.48. The number of ketones is 2. The van der Waals surface area contributed by atoms with Crippen LogP contribution in [0.5, 0.6) is 0 Å². The standard InChI is InChI=1S/C29H29ClN2O6S/c1-20(33)29(36)32(23-5-3-2-4-6-23)27-19-22(30)10-13-26(27)28(35)14-9-21-7-11-25(12-8-21)39(37,38)31-17-15-24(34)16-18-31/h2-8,10-13,19,24,34H,9,14-18H2,1H3. The predicted octanol–water partition coefficient (Wildman–Crippen LogP) is 4.55. The van der Waals surface area contributed by atoms with Crippen LogP contribution in [0.1, 0.15) is 42.1 Å². The van der Waals surface area contributed by atoms with Gasteiger partial charge in [-0.1, -0.05) is 41.9 Å². The number of sulfonamides is 1. The summed E-state index contributed by atoms with van der Waals surface area (Å²) >= 11 is 6.23. The number of benzene rings is 3. The van der Waals surface area contributed by atoms with Gasteiger partial charge in [-0.2, -0.15) is 4.31 Å². The molecule has 204 valence electrons. The zero-order chi connectivity index (χ0) is 28.2. The summed E-state index contributed by atoms with van der Waals surface area (Å²) in [4.78, 5) is 39.7. The summed E-state index contributed by atoms with van der Waals surface area (Å²) in [5.74, 6) is -1.74. The van der Waals surface area contributed by atoms with E-state index in [2.05, 4.69) is 0 Å². The van der Waals surface area contributed by atoms with Gasteiger partial charge in [-0.25, -0.2) is 8.42 Å². The first-order valence-corrected chi connectivity index (χ1v) is 14.4. The molecule has 1 aliphatic rings. The van der Waals surface area contributed by atoms with Crippen molar-refractivity contribution in [2.75, 3.05) is 18.0 Å². The summed E-state index contributed by atoms with van der Waals surface area (Å²) in [5, 5.41) is 9.97. The van der Waals surface area contributed by atoms with E-state index in [0.29, 0.717) is 30.0 Å². The Morgan fingerprint density at radius 1 is 0.974 bits per heavy atom. The van der Waals surface area contributed by atoms with Crippen LogP contribution in [-0.4, -0.2) is 54.5 Å². The van der Waals surface area contributed by atoms with E-state index < -0.39 is 27.8 Å². The van der Waals surface area contributed by atoms with Crippen LogP contribution in [-0.2, 0) is 26.0 Å². The number of hydrogen-bond acceptors (Lipinski definition) is 6. The van der Waals surface area contributed by atoms with E-state index in [-0.39, 0.29) is 41.4 Å².